The highest BCUT2D eigenvalue weighted by Crippen LogP contribution is 2.27. The smallest absolute Gasteiger partial charge is 0.268 e. The second kappa shape index (κ2) is 8.05. The van der Waals surface area contributed by atoms with Crippen LogP contribution in [0.5, 0.6) is 0 Å². The number of hydrogen-bond acceptors (Lipinski definition) is 4. The van der Waals surface area contributed by atoms with E-state index in [0.717, 1.165) is 24.0 Å². The molecular formula is C20H28N4O3S. The lowest BCUT2D eigenvalue weighted by Crippen LogP contribution is -2.38. The Balaban J connectivity index is 1.80. The van der Waals surface area contributed by atoms with Crippen molar-refractivity contribution in [2.24, 2.45) is 13.0 Å². The maximum absolute atomic E-state index is 13.1. The summed E-state index contributed by atoms with van der Waals surface area (Å²) in [6.07, 6.45) is 5.16. The van der Waals surface area contributed by atoms with Gasteiger partial charge in [0.2, 0.25) is 10.0 Å². The predicted molar refractivity (Wildman–Crippen MR) is 107 cm³/mol. The molecule has 0 bridgehead atoms. The molecule has 0 unspecified atom stereocenters. The van der Waals surface area contributed by atoms with Gasteiger partial charge in [0.1, 0.15) is 10.6 Å². The van der Waals surface area contributed by atoms with Gasteiger partial charge in [-0.2, -0.15) is 4.31 Å². The molecule has 2 aromatic heterocycles. The maximum atomic E-state index is 13.1. The quantitative estimate of drug-likeness (QED) is 0.829. The summed E-state index contributed by atoms with van der Waals surface area (Å²) in [6, 6.07) is 3.36. The van der Waals surface area contributed by atoms with Crippen LogP contribution in [0.25, 0.3) is 0 Å². The van der Waals surface area contributed by atoms with Crippen molar-refractivity contribution in [3.63, 3.8) is 0 Å². The Hall–Kier alpha value is -2.19. The summed E-state index contributed by atoms with van der Waals surface area (Å²) in [5.74, 6) is 0.247. The highest BCUT2D eigenvalue weighted by Gasteiger charge is 2.32. The van der Waals surface area contributed by atoms with Gasteiger partial charge in [0.15, 0.2) is 0 Å². The van der Waals surface area contributed by atoms with Gasteiger partial charge < -0.3 is 9.88 Å². The molecule has 1 amide bonds. The number of aromatic nitrogens is 2. The average Bonchev–Trinajstić information content (AvgIpc) is 2.97. The van der Waals surface area contributed by atoms with E-state index in [1.54, 1.807) is 30.9 Å². The van der Waals surface area contributed by atoms with Crippen LogP contribution in [0.4, 0.5) is 0 Å². The first-order valence-corrected chi connectivity index (χ1v) is 11.0. The van der Waals surface area contributed by atoms with Crippen molar-refractivity contribution >= 4 is 15.9 Å². The summed E-state index contributed by atoms with van der Waals surface area (Å²) in [4.78, 5) is 17.0. The third-order valence-electron chi connectivity index (χ3n) is 5.66. The lowest BCUT2D eigenvalue weighted by Gasteiger charge is -2.29. The van der Waals surface area contributed by atoms with Gasteiger partial charge in [-0.1, -0.05) is 6.92 Å². The lowest BCUT2D eigenvalue weighted by molar-refractivity contribution is 0.0942. The van der Waals surface area contributed by atoms with Gasteiger partial charge in [-0.25, -0.2) is 8.42 Å². The van der Waals surface area contributed by atoms with Gasteiger partial charge in [-0.15, -0.1) is 0 Å². The fraction of sp³-hybridized carbons (Fsp3) is 0.500. The number of rotatable bonds is 5. The second-order valence-corrected chi connectivity index (χ2v) is 9.52. The molecule has 0 spiro atoms. The first-order chi connectivity index (χ1) is 13.2. The molecule has 28 heavy (non-hydrogen) atoms. The zero-order chi connectivity index (χ0) is 20.5. The summed E-state index contributed by atoms with van der Waals surface area (Å²) >= 11 is 0. The summed E-state index contributed by atoms with van der Waals surface area (Å²) in [7, 11) is -1.88. The molecule has 2 aromatic rings. The number of amides is 1. The van der Waals surface area contributed by atoms with Crippen LogP contribution in [-0.2, 0) is 23.6 Å². The Morgan fingerprint density at radius 3 is 2.61 bits per heavy atom. The van der Waals surface area contributed by atoms with E-state index in [-0.39, 0.29) is 10.8 Å². The molecule has 0 radical (unpaired) electrons. The van der Waals surface area contributed by atoms with Crippen molar-refractivity contribution in [1.29, 1.82) is 0 Å². The van der Waals surface area contributed by atoms with Crippen molar-refractivity contribution in [3.05, 3.63) is 47.0 Å². The molecule has 0 atom stereocenters. The third kappa shape index (κ3) is 3.98. The third-order valence-corrected chi connectivity index (χ3v) is 7.67. The van der Waals surface area contributed by atoms with Crippen LogP contribution in [-0.4, -0.2) is 41.3 Å². The van der Waals surface area contributed by atoms with Crippen molar-refractivity contribution in [2.45, 2.75) is 45.1 Å². The average molecular weight is 405 g/mol. The molecular weight excluding hydrogens is 376 g/mol. The molecule has 1 aliphatic rings. The van der Waals surface area contributed by atoms with E-state index in [9.17, 15) is 13.2 Å². The van der Waals surface area contributed by atoms with Crippen molar-refractivity contribution in [2.75, 3.05) is 13.1 Å². The monoisotopic (exact) mass is 404 g/mol. The SMILES string of the molecule is Cc1cnccc1CNC(=O)c1cc(S(=O)(=O)N2CCC(C)CC2)c(C)n1C. The minimum Gasteiger partial charge on any atom is -0.347 e. The van der Waals surface area contributed by atoms with Gasteiger partial charge in [0, 0.05) is 44.8 Å². The highest BCUT2D eigenvalue weighted by molar-refractivity contribution is 7.89. The van der Waals surface area contributed by atoms with Crippen molar-refractivity contribution < 1.29 is 13.2 Å². The van der Waals surface area contributed by atoms with Crippen LogP contribution < -0.4 is 5.32 Å². The minimum atomic E-state index is -3.60. The normalized spacial score (nSPS) is 16.3. The summed E-state index contributed by atoms with van der Waals surface area (Å²) < 4.78 is 29.4. The zero-order valence-electron chi connectivity index (χ0n) is 16.9. The standard InChI is InChI=1S/C20H28N4O3S/c1-14-6-9-24(10-7-14)28(26,27)19-11-18(23(4)16(19)3)20(25)22-13-17-5-8-21-12-15(17)2/h5,8,11-12,14H,6-7,9-10,13H2,1-4H3,(H,22,25). The van der Waals surface area contributed by atoms with E-state index in [1.165, 1.54) is 10.4 Å². The predicted octanol–water partition coefficient (Wildman–Crippen LogP) is 2.39. The van der Waals surface area contributed by atoms with Crippen molar-refractivity contribution in [3.8, 4) is 0 Å². The number of nitrogens with zero attached hydrogens (tertiary/aromatic N) is 3. The zero-order valence-corrected chi connectivity index (χ0v) is 17.7. The van der Waals surface area contributed by atoms with E-state index in [4.69, 9.17) is 0 Å². The van der Waals surface area contributed by atoms with Gasteiger partial charge in [-0.05, 0) is 55.9 Å². The van der Waals surface area contributed by atoms with E-state index < -0.39 is 10.0 Å². The largest absolute Gasteiger partial charge is 0.347 e. The fourth-order valence-corrected chi connectivity index (χ4v) is 5.22. The topological polar surface area (TPSA) is 84.3 Å². The molecule has 7 nitrogen and oxygen atoms in total. The van der Waals surface area contributed by atoms with Crippen molar-refractivity contribution in [1.82, 2.24) is 19.2 Å². The van der Waals surface area contributed by atoms with Crippen LogP contribution in [0, 0.1) is 19.8 Å². The fourth-order valence-electron chi connectivity index (χ4n) is 3.48. The number of hydrogen-bond donors (Lipinski definition) is 1. The lowest BCUT2D eigenvalue weighted by atomic mass is 10.0. The number of aryl methyl sites for hydroxylation is 1. The first-order valence-electron chi connectivity index (χ1n) is 9.56. The Labute approximate surface area is 166 Å². The summed E-state index contributed by atoms with van der Waals surface area (Å²) in [5.41, 5.74) is 2.88. The Kier molecular flexibility index (Phi) is 5.90. The number of carbonyl (C=O) groups is 1. The molecule has 0 aliphatic carbocycles. The Morgan fingerprint density at radius 2 is 1.96 bits per heavy atom. The van der Waals surface area contributed by atoms with E-state index >= 15 is 0 Å². The van der Waals surface area contributed by atoms with Gasteiger partial charge >= 0.3 is 0 Å². The molecule has 0 aromatic carbocycles. The molecule has 1 N–H and O–H groups in total. The molecule has 152 valence electrons. The second-order valence-electron chi connectivity index (χ2n) is 7.61. The number of carbonyl (C=O) groups excluding carboxylic acids is 1. The Bertz CT molecular complexity index is 973. The maximum Gasteiger partial charge on any atom is 0.268 e. The van der Waals surface area contributed by atoms with E-state index in [0.29, 0.717) is 36.9 Å². The summed E-state index contributed by atoms with van der Waals surface area (Å²) in [6.45, 7) is 7.24. The number of pyridine rings is 1. The highest BCUT2D eigenvalue weighted by atomic mass is 32.2. The number of piperidine rings is 1. The number of nitrogens with one attached hydrogen (secondary N) is 1. The van der Waals surface area contributed by atoms with Crippen LogP contribution in [0.1, 0.15) is 47.1 Å². The minimum absolute atomic E-state index is 0.217. The van der Waals surface area contributed by atoms with E-state index in [1.807, 2.05) is 13.0 Å². The number of sulfonamides is 1. The molecule has 0 saturated carbocycles. The van der Waals surface area contributed by atoms with Crippen LogP contribution in [0.2, 0.25) is 0 Å². The van der Waals surface area contributed by atoms with Crippen LogP contribution >= 0.6 is 0 Å². The van der Waals surface area contributed by atoms with Crippen LogP contribution in [0.15, 0.2) is 29.4 Å². The molecule has 3 heterocycles. The molecule has 1 aliphatic heterocycles. The Morgan fingerprint density at radius 1 is 1.29 bits per heavy atom. The van der Waals surface area contributed by atoms with Gasteiger partial charge in [0.05, 0.1) is 0 Å². The molecule has 1 fully saturated rings. The van der Waals surface area contributed by atoms with Gasteiger partial charge in [0.25, 0.3) is 5.91 Å². The molecule has 8 heteroatoms. The van der Waals surface area contributed by atoms with Gasteiger partial charge in [-0.3, -0.25) is 9.78 Å². The van der Waals surface area contributed by atoms with Crippen LogP contribution in [0.3, 0.4) is 0 Å². The summed E-state index contributed by atoms with van der Waals surface area (Å²) in [5, 5.41) is 2.88. The molecule has 3 rings (SSSR count). The first kappa shape index (κ1) is 20.5. The van der Waals surface area contributed by atoms with E-state index in [2.05, 4.69) is 17.2 Å². The molecule has 1 saturated heterocycles.